The number of non-ortho nitro benzene ring substituents is 1. The first kappa shape index (κ1) is 15.2. The fourth-order valence-electron chi connectivity index (χ4n) is 2.82. The summed E-state index contributed by atoms with van der Waals surface area (Å²) >= 11 is 0. The van der Waals surface area contributed by atoms with Crippen LogP contribution in [0.1, 0.15) is 25.7 Å². The molecule has 1 saturated heterocycles. The molecule has 0 saturated carbocycles. The van der Waals surface area contributed by atoms with Crippen molar-refractivity contribution in [2.24, 2.45) is 5.73 Å². The zero-order chi connectivity index (χ0) is 15.4. The molecule has 0 aliphatic carbocycles. The largest absolute Gasteiger partial charge is 0.363 e. The Kier molecular flexibility index (Phi) is 4.69. The average molecular weight is 294 g/mol. The molecule has 21 heavy (non-hydrogen) atoms. The summed E-state index contributed by atoms with van der Waals surface area (Å²) in [7, 11) is 0. The molecule has 1 aromatic carbocycles. The van der Waals surface area contributed by atoms with Crippen molar-refractivity contribution in [1.82, 2.24) is 0 Å². The van der Waals surface area contributed by atoms with E-state index in [-0.39, 0.29) is 17.4 Å². The number of rotatable bonds is 5. The van der Waals surface area contributed by atoms with Gasteiger partial charge in [0.1, 0.15) is 5.69 Å². The first-order valence-electron chi connectivity index (χ1n) is 6.94. The van der Waals surface area contributed by atoms with Crippen molar-refractivity contribution in [3.05, 3.63) is 38.4 Å². The number of anilines is 1. The maximum atomic E-state index is 11.2. The van der Waals surface area contributed by atoms with E-state index in [4.69, 9.17) is 5.73 Å². The Bertz CT molecular complexity index is 547. The van der Waals surface area contributed by atoms with Crippen molar-refractivity contribution >= 4 is 17.1 Å². The maximum Gasteiger partial charge on any atom is 0.299 e. The van der Waals surface area contributed by atoms with Gasteiger partial charge < -0.3 is 10.6 Å². The number of piperidine rings is 1. The van der Waals surface area contributed by atoms with Crippen LogP contribution in [-0.2, 0) is 0 Å². The van der Waals surface area contributed by atoms with E-state index in [1.54, 1.807) is 0 Å². The first-order chi connectivity index (χ1) is 10.0. The van der Waals surface area contributed by atoms with Crippen molar-refractivity contribution in [3.63, 3.8) is 0 Å². The number of nitro benzene ring substituents is 2. The molecule has 1 atom stereocenters. The monoisotopic (exact) mass is 294 g/mol. The van der Waals surface area contributed by atoms with Gasteiger partial charge in [0.2, 0.25) is 0 Å². The molecule has 0 bridgehead atoms. The van der Waals surface area contributed by atoms with Crippen LogP contribution >= 0.6 is 0 Å². The third-order valence-corrected chi connectivity index (χ3v) is 3.80. The van der Waals surface area contributed by atoms with Crippen molar-refractivity contribution in [1.29, 1.82) is 0 Å². The van der Waals surface area contributed by atoms with Gasteiger partial charge in [0.05, 0.1) is 15.9 Å². The summed E-state index contributed by atoms with van der Waals surface area (Å²) in [4.78, 5) is 22.8. The van der Waals surface area contributed by atoms with E-state index in [0.29, 0.717) is 18.8 Å². The second-order valence-corrected chi connectivity index (χ2v) is 5.11. The van der Waals surface area contributed by atoms with Crippen LogP contribution in [-0.4, -0.2) is 29.0 Å². The smallest absolute Gasteiger partial charge is 0.299 e. The summed E-state index contributed by atoms with van der Waals surface area (Å²) in [5, 5.41) is 22.0. The minimum absolute atomic E-state index is 0.156. The number of hydrogen-bond acceptors (Lipinski definition) is 6. The molecule has 2 rings (SSSR count). The number of nitrogens with zero attached hydrogens (tertiary/aromatic N) is 3. The Morgan fingerprint density at radius 1 is 1.24 bits per heavy atom. The molecule has 8 nitrogen and oxygen atoms in total. The number of nitrogens with two attached hydrogens (primary N) is 1. The first-order valence-corrected chi connectivity index (χ1v) is 6.94. The third kappa shape index (κ3) is 3.27. The molecular weight excluding hydrogens is 276 g/mol. The van der Waals surface area contributed by atoms with Crippen LogP contribution in [0, 0.1) is 20.2 Å². The van der Waals surface area contributed by atoms with Crippen LogP contribution in [0.5, 0.6) is 0 Å². The summed E-state index contributed by atoms with van der Waals surface area (Å²) in [5.74, 6) is 0. The topological polar surface area (TPSA) is 116 Å². The Balaban J connectivity index is 2.41. The lowest BCUT2D eigenvalue weighted by molar-refractivity contribution is -0.393. The minimum Gasteiger partial charge on any atom is -0.363 e. The minimum atomic E-state index is -0.621. The molecule has 0 amide bonds. The highest BCUT2D eigenvalue weighted by Crippen LogP contribution is 2.36. The van der Waals surface area contributed by atoms with Gasteiger partial charge in [0, 0.05) is 18.7 Å². The lowest BCUT2D eigenvalue weighted by atomic mass is 9.98. The van der Waals surface area contributed by atoms with Gasteiger partial charge in [0.15, 0.2) is 0 Å². The highest BCUT2D eigenvalue weighted by molar-refractivity contribution is 5.67. The summed E-state index contributed by atoms with van der Waals surface area (Å²) in [6, 6.07) is 3.98. The molecule has 8 heteroatoms. The molecule has 0 aromatic heterocycles. The van der Waals surface area contributed by atoms with Crippen molar-refractivity contribution in [2.45, 2.75) is 31.7 Å². The molecule has 2 N–H and O–H groups in total. The van der Waals surface area contributed by atoms with E-state index < -0.39 is 9.85 Å². The van der Waals surface area contributed by atoms with Gasteiger partial charge in [-0.1, -0.05) is 0 Å². The van der Waals surface area contributed by atoms with Crippen molar-refractivity contribution < 1.29 is 9.85 Å². The Hall–Kier alpha value is -2.22. The fourth-order valence-corrected chi connectivity index (χ4v) is 2.82. The van der Waals surface area contributed by atoms with Gasteiger partial charge in [-0.05, 0) is 38.3 Å². The molecule has 0 spiro atoms. The van der Waals surface area contributed by atoms with Gasteiger partial charge in [0.25, 0.3) is 11.4 Å². The summed E-state index contributed by atoms with van der Waals surface area (Å²) < 4.78 is 0. The van der Waals surface area contributed by atoms with Crippen LogP contribution in [0.4, 0.5) is 17.1 Å². The van der Waals surface area contributed by atoms with E-state index in [0.717, 1.165) is 31.7 Å². The van der Waals surface area contributed by atoms with Crippen LogP contribution < -0.4 is 10.6 Å². The van der Waals surface area contributed by atoms with E-state index in [9.17, 15) is 20.2 Å². The Morgan fingerprint density at radius 2 is 2.00 bits per heavy atom. The van der Waals surface area contributed by atoms with Crippen molar-refractivity contribution in [3.8, 4) is 0 Å². The third-order valence-electron chi connectivity index (χ3n) is 3.80. The normalized spacial score (nSPS) is 18.5. The number of hydrogen-bond donors (Lipinski definition) is 1. The molecule has 1 fully saturated rings. The molecule has 1 heterocycles. The van der Waals surface area contributed by atoms with Gasteiger partial charge in [-0.2, -0.15) is 0 Å². The quantitative estimate of drug-likeness (QED) is 0.657. The standard InChI is InChI=1S/C13H18N4O4/c14-7-6-10-3-1-2-8-15(10)12-5-4-11(16(18)19)9-13(12)17(20)21/h4-5,9-10H,1-3,6-8,14H2. The highest BCUT2D eigenvalue weighted by Gasteiger charge is 2.29. The zero-order valence-electron chi connectivity index (χ0n) is 11.6. The number of benzene rings is 1. The van der Waals surface area contributed by atoms with Crippen LogP contribution in [0.2, 0.25) is 0 Å². The zero-order valence-corrected chi connectivity index (χ0v) is 11.6. The Labute approximate surface area is 121 Å². The molecule has 1 aromatic rings. The van der Waals surface area contributed by atoms with Crippen LogP contribution in [0.3, 0.4) is 0 Å². The molecule has 114 valence electrons. The maximum absolute atomic E-state index is 11.2. The van der Waals surface area contributed by atoms with Crippen LogP contribution in [0.25, 0.3) is 0 Å². The SMILES string of the molecule is NCCC1CCCCN1c1ccc([N+](=O)[O-])cc1[N+](=O)[O-]. The van der Waals surface area contributed by atoms with Gasteiger partial charge in [-0.15, -0.1) is 0 Å². The molecule has 1 aliphatic rings. The molecule has 0 radical (unpaired) electrons. The molecule has 1 unspecified atom stereocenters. The second-order valence-electron chi connectivity index (χ2n) is 5.11. The summed E-state index contributed by atoms with van der Waals surface area (Å²) in [5.41, 5.74) is 5.58. The number of nitro groups is 2. The fraction of sp³-hybridized carbons (Fsp3) is 0.538. The molecule has 1 aliphatic heterocycles. The predicted octanol–water partition coefficient (Wildman–Crippen LogP) is 2.21. The van der Waals surface area contributed by atoms with E-state index in [1.165, 1.54) is 12.1 Å². The van der Waals surface area contributed by atoms with Crippen molar-refractivity contribution in [2.75, 3.05) is 18.0 Å². The van der Waals surface area contributed by atoms with Gasteiger partial charge in [-0.25, -0.2) is 0 Å². The van der Waals surface area contributed by atoms with Gasteiger partial charge >= 0.3 is 0 Å². The summed E-state index contributed by atoms with van der Waals surface area (Å²) in [6.45, 7) is 1.23. The second kappa shape index (κ2) is 6.49. The highest BCUT2D eigenvalue weighted by atomic mass is 16.6. The Morgan fingerprint density at radius 3 is 2.62 bits per heavy atom. The predicted molar refractivity (Wildman–Crippen MR) is 78.4 cm³/mol. The summed E-state index contributed by atoms with van der Waals surface area (Å²) in [6.07, 6.45) is 3.72. The average Bonchev–Trinajstić information content (AvgIpc) is 2.47. The molecular formula is C13H18N4O4. The lowest BCUT2D eigenvalue weighted by Crippen LogP contribution is -2.41. The van der Waals surface area contributed by atoms with E-state index in [2.05, 4.69) is 0 Å². The van der Waals surface area contributed by atoms with Gasteiger partial charge in [-0.3, -0.25) is 20.2 Å². The van der Waals surface area contributed by atoms with Crippen LogP contribution in [0.15, 0.2) is 18.2 Å². The van der Waals surface area contributed by atoms with E-state index >= 15 is 0 Å². The lowest BCUT2D eigenvalue weighted by Gasteiger charge is -2.37. The van der Waals surface area contributed by atoms with E-state index in [1.807, 2.05) is 4.90 Å².